The van der Waals surface area contributed by atoms with Gasteiger partial charge in [0.05, 0.1) is 61.7 Å². The van der Waals surface area contributed by atoms with Gasteiger partial charge < -0.3 is 38.6 Å². The zero-order valence-electron chi connectivity index (χ0n) is 80.3. The van der Waals surface area contributed by atoms with Gasteiger partial charge in [0.25, 0.3) is 0 Å². The zero-order valence-corrected chi connectivity index (χ0v) is 81.0. The maximum atomic E-state index is 9.94. The number of aliphatic hydroxyl groups excluding tert-OH is 2. The van der Waals surface area contributed by atoms with Gasteiger partial charge >= 0.3 is 0 Å². The molecule has 0 aliphatic heterocycles. The summed E-state index contributed by atoms with van der Waals surface area (Å²) >= 11 is 5.60. The summed E-state index contributed by atoms with van der Waals surface area (Å²) in [5, 5.41) is 24.4. The minimum absolute atomic E-state index is 0.0288. The largest absolute Gasteiger partial charge is 0.392 e. The smallest absolute Gasteiger partial charge is 0.0721 e. The number of aromatic nitrogens is 2. The van der Waals surface area contributed by atoms with Crippen molar-refractivity contribution in [1.29, 1.82) is 0 Å². The van der Waals surface area contributed by atoms with Crippen molar-refractivity contribution < 1.29 is 19.7 Å². The van der Waals surface area contributed by atoms with Crippen molar-refractivity contribution in [2.45, 2.75) is 84.0 Å². The third-order valence-electron chi connectivity index (χ3n) is 28.3. The molecule has 2 aliphatic carbocycles. The minimum Gasteiger partial charge on any atom is -0.392 e. The molecule has 2 N–H and O–H groups in total. The van der Waals surface area contributed by atoms with Crippen molar-refractivity contribution in [2.24, 2.45) is 0 Å². The van der Waals surface area contributed by atoms with Crippen LogP contribution in [0, 0.1) is 0 Å². The second-order valence-corrected chi connectivity index (χ2v) is 38.1. The molecule has 19 aromatic carbocycles. The number of hydrogen-bond donors (Lipinski definition) is 2. The van der Waals surface area contributed by atoms with Crippen LogP contribution in [0.4, 0.5) is 34.1 Å². The van der Waals surface area contributed by atoms with Crippen LogP contribution in [-0.4, -0.2) is 19.3 Å². The topological polar surface area (TPSA) is 75.3 Å². The molecule has 21 aromatic rings. The predicted octanol–water partition coefficient (Wildman–Crippen LogP) is 34.6. The third kappa shape index (κ3) is 18.5. The predicted molar refractivity (Wildman–Crippen MR) is 596 cm³/mol. The first-order valence-corrected chi connectivity index (χ1v) is 49.1. The summed E-state index contributed by atoms with van der Waals surface area (Å²) in [7, 11) is 0. The molecule has 9 heteroatoms. The molecule has 2 aliphatic rings. The van der Waals surface area contributed by atoms with E-state index in [1.807, 2.05) is 60.7 Å². The highest BCUT2D eigenvalue weighted by atomic mass is 35.5. The molecular weight excluding hydrogens is 1750 g/mol. The van der Waals surface area contributed by atoms with Gasteiger partial charge in [0.15, 0.2) is 0 Å². The monoisotopic (exact) mass is 1860 g/mol. The number of fused-ring (bicyclic) bond motifs is 12. The van der Waals surface area contributed by atoms with E-state index in [-0.39, 0.29) is 24.0 Å². The SMILES string of the molecule is C=Cc1ccc(CCl)cc1.C=Cc1ccc(COCc2ccc(-n3c4ccccc4c4cc(-c5ccc(N(c6ccc(-c7ccccc7)cc6)c6ccc7c(c6)C(C)(C)c6cc(COCc8ccc(C=C)cc8)ccc6-7)cc5)ccc43)cc2)cc1.CC1(C)c2cc(CO)ccc2-c2ccc(N(c3ccc(-c4ccccc4)cc3)c3ccc(-c4ccc5c(c4)c4ccccc4n5-c4ccc(CO)cc4)cc3)cc21. The molecule has 0 bridgehead atoms. The van der Waals surface area contributed by atoms with Crippen molar-refractivity contribution >= 4 is 108 Å². The van der Waals surface area contributed by atoms with E-state index in [0.717, 1.165) is 123 Å². The van der Waals surface area contributed by atoms with Crippen LogP contribution in [0.3, 0.4) is 0 Å². The van der Waals surface area contributed by atoms with Crippen LogP contribution in [0.25, 0.3) is 140 Å². The number of benzene rings is 19. The fourth-order valence-electron chi connectivity index (χ4n) is 20.5. The summed E-state index contributed by atoms with van der Waals surface area (Å²) in [6.07, 6.45) is 5.54. The van der Waals surface area contributed by atoms with Crippen LogP contribution in [0.5, 0.6) is 0 Å². The Morgan fingerprint density at radius 3 is 0.894 bits per heavy atom. The molecule has 23 rings (SSSR count). The number of nitrogens with zero attached hydrogens (tertiary/aromatic N) is 4. The summed E-state index contributed by atoms with van der Waals surface area (Å²) in [5.41, 5.74) is 43.5. The second-order valence-electron chi connectivity index (χ2n) is 37.8. The van der Waals surface area contributed by atoms with Gasteiger partial charge in [0, 0.05) is 83.8 Å². The number of alkyl halides is 1. The lowest BCUT2D eigenvalue weighted by molar-refractivity contribution is 0.107. The number of ether oxygens (including phenoxy) is 2. The molecule has 2 heterocycles. The number of anilines is 6. The molecule has 0 saturated heterocycles. The standard InChI is InChI=1S/C71H58N2O2.C53H42N2O2.C9H9Cl/c1-5-49-16-20-51(21-17-49)45-74-47-53-24-32-61(33-25-53)73-69-15-11-10-14-65(69)66-43-58(31-41-70(66)73)57-29-36-60(37-30-57)72(59-34-27-56(28-35-59)55-12-8-7-9-13-55)62-38-40-64-63-39-26-54(42-67(63)71(3,4)68(64)44-62)48-75-46-52-22-18-50(6-2)19-23-52;1-53(2)49-30-36(34-57)14-27-45(49)46-28-26-44(32-50(46)53)54(41-22-15-38(16-23-41)37-8-4-3-5-9-37)42-24-17-39(18-25-42)40-19-29-52-48(31-40)47-10-6-7-11-51(47)55(52)43-20-12-35(33-56)13-21-43;1-2-8-3-5-9(7-10)6-4-8/h5-44H,1-2,45-48H2,3-4H3;3-32,56-57H,33-34H2,1-2H3;2-6H,1,7H2. The summed E-state index contributed by atoms with van der Waals surface area (Å²) < 4.78 is 17.0. The highest BCUT2D eigenvalue weighted by Crippen LogP contribution is 2.54. The van der Waals surface area contributed by atoms with Crippen molar-refractivity contribution in [1.82, 2.24) is 9.13 Å². The molecule has 0 radical (unpaired) electrons. The summed E-state index contributed by atoms with van der Waals surface area (Å²) in [6, 6.07) is 157. The minimum atomic E-state index is -0.219. The van der Waals surface area contributed by atoms with Gasteiger partial charge in [-0.1, -0.05) is 369 Å². The lowest BCUT2D eigenvalue weighted by Crippen LogP contribution is -2.17. The van der Waals surface area contributed by atoms with Gasteiger partial charge in [0.1, 0.15) is 0 Å². The summed E-state index contributed by atoms with van der Waals surface area (Å²) in [5.74, 6) is 0.581. The van der Waals surface area contributed by atoms with Crippen molar-refractivity contribution in [3.05, 3.63) is 534 Å². The number of rotatable bonds is 26. The van der Waals surface area contributed by atoms with Crippen LogP contribution < -0.4 is 9.80 Å². The molecule has 0 amide bonds. The van der Waals surface area contributed by atoms with Gasteiger partial charge in [-0.25, -0.2) is 0 Å². The van der Waals surface area contributed by atoms with E-state index < -0.39 is 0 Å². The first kappa shape index (κ1) is 92.1. The van der Waals surface area contributed by atoms with Crippen LogP contribution in [0.2, 0.25) is 0 Å². The first-order valence-electron chi connectivity index (χ1n) is 48.6. The zero-order chi connectivity index (χ0) is 97.0. The lowest BCUT2D eigenvalue weighted by Gasteiger charge is -2.28. The maximum absolute atomic E-state index is 9.94. The van der Waals surface area contributed by atoms with Gasteiger partial charge in [-0.2, -0.15) is 0 Å². The summed E-state index contributed by atoms with van der Waals surface area (Å²) in [6.45, 7) is 23.0. The Hall–Kier alpha value is -16.3. The van der Waals surface area contributed by atoms with E-state index in [1.165, 1.54) is 110 Å². The van der Waals surface area contributed by atoms with Crippen LogP contribution in [-0.2, 0) is 65.8 Å². The Labute approximate surface area is 836 Å². The highest BCUT2D eigenvalue weighted by Gasteiger charge is 2.38. The second kappa shape index (κ2) is 40.3. The van der Waals surface area contributed by atoms with Gasteiger partial charge in [0.2, 0.25) is 0 Å². The van der Waals surface area contributed by atoms with Gasteiger partial charge in [-0.15, -0.1) is 11.6 Å². The molecule has 692 valence electrons. The highest BCUT2D eigenvalue weighted by molar-refractivity contribution is 6.17. The fourth-order valence-corrected chi connectivity index (χ4v) is 20.7. The Bertz CT molecular complexity index is 8190. The fraction of sp³-hybridized carbons (Fsp3) is 0.0977. The molecular formula is C133H109ClN4O4. The maximum Gasteiger partial charge on any atom is 0.0721 e. The van der Waals surface area contributed by atoms with Gasteiger partial charge in [-0.3, -0.25) is 0 Å². The van der Waals surface area contributed by atoms with E-state index in [0.29, 0.717) is 32.3 Å². The van der Waals surface area contributed by atoms with Crippen molar-refractivity contribution in [2.75, 3.05) is 9.80 Å². The molecule has 0 spiro atoms. The average Bonchev–Trinajstić information content (AvgIpc) is 1.58. The molecule has 0 unspecified atom stereocenters. The van der Waals surface area contributed by atoms with E-state index >= 15 is 0 Å². The molecule has 0 saturated carbocycles. The van der Waals surface area contributed by atoms with Gasteiger partial charge in [-0.05, 0) is 278 Å². The number of aliphatic hydroxyl groups is 2. The summed E-state index contributed by atoms with van der Waals surface area (Å²) in [4.78, 5) is 4.76. The lowest BCUT2D eigenvalue weighted by atomic mass is 9.82. The van der Waals surface area contributed by atoms with E-state index in [4.69, 9.17) is 21.1 Å². The Morgan fingerprint density at radius 2 is 0.528 bits per heavy atom. The van der Waals surface area contributed by atoms with E-state index in [2.05, 4.69) is 461 Å². The quantitative estimate of drug-likeness (QED) is 0.0526. The normalized spacial score (nSPS) is 12.4. The van der Waals surface area contributed by atoms with Crippen LogP contribution in [0.15, 0.2) is 457 Å². The molecule has 8 nitrogen and oxygen atoms in total. The molecule has 2 aromatic heterocycles. The Kier molecular flexibility index (Phi) is 26.1. The third-order valence-corrected chi connectivity index (χ3v) is 28.6. The number of halogens is 1. The Morgan fingerprint density at radius 1 is 0.254 bits per heavy atom. The van der Waals surface area contributed by atoms with E-state index in [9.17, 15) is 10.2 Å². The number of para-hydroxylation sites is 2. The Balaban J connectivity index is 0.000000157. The van der Waals surface area contributed by atoms with Crippen LogP contribution >= 0.6 is 11.6 Å². The van der Waals surface area contributed by atoms with E-state index in [1.54, 1.807) is 0 Å². The average molecular weight is 1860 g/mol. The van der Waals surface area contributed by atoms with Crippen LogP contribution in [0.1, 0.15) is 106 Å². The number of hydrogen-bond acceptors (Lipinski definition) is 6. The molecule has 0 atom stereocenters. The first-order chi connectivity index (χ1) is 69.6. The molecule has 0 fully saturated rings. The van der Waals surface area contributed by atoms with Crippen molar-refractivity contribution in [3.8, 4) is 78.1 Å². The van der Waals surface area contributed by atoms with Crippen molar-refractivity contribution in [3.63, 3.8) is 0 Å². The molecule has 142 heavy (non-hydrogen) atoms.